The lowest BCUT2D eigenvalue weighted by Gasteiger charge is -2.08. The zero-order valence-electron chi connectivity index (χ0n) is 10.7. The van der Waals surface area contributed by atoms with E-state index in [2.05, 4.69) is 43.3 Å². The molecule has 2 aromatic carbocycles. The molecule has 2 aromatic rings. The van der Waals surface area contributed by atoms with E-state index >= 15 is 0 Å². The molecule has 0 amide bonds. The Morgan fingerprint density at radius 3 is 2.67 bits per heavy atom. The number of aryl methyl sites for hydroxylation is 1. The fourth-order valence-corrected chi connectivity index (χ4v) is 2.78. The number of fused-ring (bicyclic) bond motifs is 1. The molecule has 0 saturated heterocycles. The zero-order valence-corrected chi connectivity index (χ0v) is 10.7. The highest BCUT2D eigenvalue weighted by molar-refractivity contribution is 6.07. The van der Waals surface area contributed by atoms with Crippen LogP contribution >= 0.6 is 0 Å². The molecule has 0 bridgehead atoms. The van der Waals surface area contributed by atoms with Gasteiger partial charge < -0.3 is 0 Å². The summed E-state index contributed by atoms with van der Waals surface area (Å²) < 4.78 is 0. The highest BCUT2D eigenvalue weighted by atomic mass is 16.1. The predicted molar refractivity (Wildman–Crippen MR) is 73.8 cm³/mol. The molecule has 0 N–H and O–H groups in total. The molecule has 1 atom stereocenters. The van der Waals surface area contributed by atoms with Crippen molar-refractivity contribution in [3.63, 3.8) is 0 Å². The van der Waals surface area contributed by atoms with Gasteiger partial charge in [0.15, 0.2) is 5.78 Å². The van der Waals surface area contributed by atoms with E-state index in [1.807, 2.05) is 13.0 Å². The maximum absolute atomic E-state index is 12.3. The first kappa shape index (κ1) is 11.2. The van der Waals surface area contributed by atoms with Crippen LogP contribution < -0.4 is 0 Å². The Hall–Kier alpha value is -1.89. The van der Waals surface area contributed by atoms with E-state index < -0.39 is 0 Å². The molecule has 0 spiro atoms. The molecule has 0 fully saturated rings. The molecular weight excluding hydrogens is 220 g/mol. The third-order valence-electron chi connectivity index (χ3n) is 3.70. The third kappa shape index (κ3) is 1.67. The first-order valence-corrected chi connectivity index (χ1v) is 6.40. The van der Waals surface area contributed by atoms with Crippen LogP contribution in [-0.4, -0.2) is 5.78 Å². The van der Waals surface area contributed by atoms with Gasteiger partial charge in [-0.2, -0.15) is 0 Å². The molecule has 90 valence electrons. The molecule has 1 aliphatic carbocycles. The summed E-state index contributed by atoms with van der Waals surface area (Å²) in [5, 5.41) is 0. The van der Waals surface area contributed by atoms with Crippen LogP contribution in [0.3, 0.4) is 0 Å². The molecular formula is C17H16O. The van der Waals surface area contributed by atoms with Gasteiger partial charge in [0.2, 0.25) is 0 Å². The number of rotatable bonds is 1. The summed E-state index contributed by atoms with van der Waals surface area (Å²) in [6.45, 7) is 4.10. The lowest BCUT2D eigenvalue weighted by Crippen LogP contribution is -2.04. The van der Waals surface area contributed by atoms with Crippen LogP contribution in [0.15, 0.2) is 42.5 Å². The standard InChI is InChI=1S/C17H16O/c1-11-5-3-6-13(9-11)15-8-4-7-14-10-12(2)17(18)16(14)15/h3-9,12H,10H2,1-2H3. The summed E-state index contributed by atoms with van der Waals surface area (Å²) in [5.74, 6) is 0.424. The average molecular weight is 236 g/mol. The van der Waals surface area contributed by atoms with E-state index in [9.17, 15) is 4.79 Å². The molecule has 1 nitrogen and oxygen atoms in total. The van der Waals surface area contributed by atoms with Crippen molar-refractivity contribution < 1.29 is 4.79 Å². The highest BCUT2D eigenvalue weighted by Crippen LogP contribution is 2.34. The number of hydrogen-bond donors (Lipinski definition) is 0. The fraction of sp³-hybridized carbons (Fsp3) is 0.235. The molecule has 18 heavy (non-hydrogen) atoms. The number of benzene rings is 2. The van der Waals surface area contributed by atoms with Crippen LogP contribution in [0.25, 0.3) is 11.1 Å². The predicted octanol–water partition coefficient (Wildman–Crippen LogP) is 4.04. The number of hydrogen-bond acceptors (Lipinski definition) is 1. The fourth-order valence-electron chi connectivity index (χ4n) is 2.78. The summed E-state index contributed by atoms with van der Waals surface area (Å²) in [6, 6.07) is 14.6. The topological polar surface area (TPSA) is 17.1 Å². The lowest BCUT2D eigenvalue weighted by molar-refractivity contribution is 0.0947. The molecule has 0 saturated carbocycles. The van der Waals surface area contributed by atoms with Gasteiger partial charge in [-0.05, 0) is 30.0 Å². The second-order valence-corrected chi connectivity index (χ2v) is 5.18. The molecule has 1 heteroatoms. The van der Waals surface area contributed by atoms with Crippen molar-refractivity contribution in [2.45, 2.75) is 20.3 Å². The van der Waals surface area contributed by atoms with Crippen LogP contribution in [0.2, 0.25) is 0 Å². The van der Waals surface area contributed by atoms with Crippen molar-refractivity contribution in [3.8, 4) is 11.1 Å². The van der Waals surface area contributed by atoms with Crippen LogP contribution in [0, 0.1) is 12.8 Å². The number of Topliss-reactive ketones (excluding diaryl/α,β-unsaturated/α-hetero) is 1. The molecule has 0 heterocycles. The van der Waals surface area contributed by atoms with E-state index in [0.717, 1.165) is 23.1 Å². The van der Waals surface area contributed by atoms with E-state index in [4.69, 9.17) is 0 Å². The second kappa shape index (κ2) is 4.09. The quantitative estimate of drug-likeness (QED) is 0.730. The van der Waals surface area contributed by atoms with E-state index in [1.165, 1.54) is 11.1 Å². The summed E-state index contributed by atoms with van der Waals surface area (Å²) in [4.78, 5) is 12.3. The largest absolute Gasteiger partial charge is 0.294 e. The van der Waals surface area contributed by atoms with Crippen molar-refractivity contribution in [1.29, 1.82) is 0 Å². The average Bonchev–Trinajstić information content (AvgIpc) is 2.65. The van der Waals surface area contributed by atoms with Crippen molar-refractivity contribution in [2.24, 2.45) is 5.92 Å². The van der Waals surface area contributed by atoms with Crippen LogP contribution in [-0.2, 0) is 6.42 Å². The van der Waals surface area contributed by atoms with Crippen molar-refractivity contribution >= 4 is 5.78 Å². The number of carbonyl (C=O) groups is 1. The third-order valence-corrected chi connectivity index (χ3v) is 3.70. The van der Waals surface area contributed by atoms with Crippen molar-refractivity contribution in [2.75, 3.05) is 0 Å². The van der Waals surface area contributed by atoms with Gasteiger partial charge in [-0.1, -0.05) is 55.0 Å². The Bertz CT molecular complexity index is 625. The van der Waals surface area contributed by atoms with Gasteiger partial charge in [0, 0.05) is 11.5 Å². The Kier molecular flexibility index (Phi) is 2.55. The monoisotopic (exact) mass is 236 g/mol. The lowest BCUT2D eigenvalue weighted by atomic mass is 9.95. The molecule has 0 aliphatic heterocycles. The maximum Gasteiger partial charge on any atom is 0.166 e. The first-order chi connectivity index (χ1) is 8.66. The van der Waals surface area contributed by atoms with Crippen LogP contribution in [0.1, 0.15) is 28.4 Å². The van der Waals surface area contributed by atoms with E-state index in [1.54, 1.807) is 0 Å². The smallest absolute Gasteiger partial charge is 0.166 e. The van der Waals surface area contributed by atoms with Gasteiger partial charge in [-0.3, -0.25) is 4.79 Å². The molecule has 0 radical (unpaired) electrons. The summed E-state index contributed by atoms with van der Waals surface area (Å²) in [7, 11) is 0. The van der Waals surface area contributed by atoms with E-state index in [0.29, 0.717) is 5.78 Å². The van der Waals surface area contributed by atoms with Gasteiger partial charge in [-0.15, -0.1) is 0 Å². The Morgan fingerprint density at radius 2 is 1.89 bits per heavy atom. The van der Waals surface area contributed by atoms with Crippen molar-refractivity contribution in [3.05, 3.63) is 59.2 Å². The van der Waals surface area contributed by atoms with Crippen molar-refractivity contribution in [1.82, 2.24) is 0 Å². The minimum Gasteiger partial charge on any atom is -0.294 e. The summed E-state index contributed by atoms with van der Waals surface area (Å²) in [5.41, 5.74) is 5.60. The van der Waals surface area contributed by atoms with Crippen LogP contribution in [0.5, 0.6) is 0 Å². The zero-order chi connectivity index (χ0) is 12.7. The molecule has 0 aromatic heterocycles. The Balaban J connectivity index is 2.21. The van der Waals surface area contributed by atoms with Gasteiger partial charge in [0.1, 0.15) is 0 Å². The molecule has 3 rings (SSSR count). The first-order valence-electron chi connectivity index (χ1n) is 6.40. The minimum absolute atomic E-state index is 0.131. The normalized spacial score (nSPS) is 17.9. The Morgan fingerprint density at radius 1 is 1.11 bits per heavy atom. The van der Waals surface area contributed by atoms with Gasteiger partial charge in [-0.25, -0.2) is 0 Å². The number of carbonyl (C=O) groups excluding carboxylic acids is 1. The second-order valence-electron chi connectivity index (χ2n) is 5.18. The highest BCUT2D eigenvalue weighted by Gasteiger charge is 2.29. The van der Waals surface area contributed by atoms with Gasteiger partial charge in [0.05, 0.1) is 0 Å². The summed E-state index contributed by atoms with van der Waals surface area (Å²) in [6.07, 6.45) is 0.883. The maximum atomic E-state index is 12.3. The van der Waals surface area contributed by atoms with Gasteiger partial charge in [0.25, 0.3) is 0 Å². The number of ketones is 1. The van der Waals surface area contributed by atoms with Gasteiger partial charge >= 0.3 is 0 Å². The Labute approximate surface area is 107 Å². The molecule has 1 unspecified atom stereocenters. The SMILES string of the molecule is Cc1cccc(-c2cccc3c2C(=O)C(C)C3)c1. The summed E-state index contributed by atoms with van der Waals surface area (Å²) >= 11 is 0. The van der Waals surface area contributed by atoms with E-state index in [-0.39, 0.29) is 5.92 Å². The van der Waals surface area contributed by atoms with Crippen LogP contribution in [0.4, 0.5) is 0 Å². The molecule has 1 aliphatic rings. The minimum atomic E-state index is 0.131.